The van der Waals surface area contributed by atoms with Gasteiger partial charge in [-0.15, -0.1) is 0 Å². The molecule has 1 N–H and O–H groups in total. The summed E-state index contributed by atoms with van der Waals surface area (Å²) in [7, 11) is 0. The Kier molecular flexibility index (Phi) is 4.74. The quantitative estimate of drug-likeness (QED) is 0.858. The minimum absolute atomic E-state index is 0.405. The van der Waals surface area contributed by atoms with Gasteiger partial charge in [-0.3, -0.25) is 0 Å². The summed E-state index contributed by atoms with van der Waals surface area (Å²) in [4.78, 5) is 4.36. The number of rotatable bonds is 6. The van der Waals surface area contributed by atoms with E-state index in [0.717, 1.165) is 25.2 Å². The molecule has 0 radical (unpaired) electrons. The maximum Gasteiger partial charge on any atom is 0.112 e. The number of nitrogens with one attached hydrogen (secondary N) is 1. The number of aromatic nitrogens is 2. The molecular formula is C16H23N3. The third kappa shape index (κ3) is 3.24. The Morgan fingerprint density at radius 1 is 1.21 bits per heavy atom. The van der Waals surface area contributed by atoms with Crippen molar-refractivity contribution in [2.45, 2.75) is 39.7 Å². The summed E-state index contributed by atoms with van der Waals surface area (Å²) in [6, 6.07) is 9.13. The van der Waals surface area contributed by atoms with E-state index >= 15 is 0 Å². The second kappa shape index (κ2) is 6.53. The number of hydrogen-bond donors (Lipinski definition) is 1. The van der Waals surface area contributed by atoms with E-state index in [4.69, 9.17) is 0 Å². The van der Waals surface area contributed by atoms with Crippen molar-refractivity contribution in [1.82, 2.24) is 14.9 Å². The molecule has 3 heteroatoms. The highest BCUT2D eigenvalue weighted by molar-refractivity contribution is 5.36. The van der Waals surface area contributed by atoms with E-state index in [0.29, 0.717) is 6.04 Å². The molecule has 102 valence electrons. The van der Waals surface area contributed by atoms with E-state index in [1.54, 1.807) is 0 Å². The number of hydrogen-bond acceptors (Lipinski definition) is 2. The van der Waals surface area contributed by atoms with Crippen LogP contribution in [0.2, 0.25) is 0 Å². The van der Waals surface area contributed by atoms with E-state index in [2.05, 4.69) is 59.9 Å². The van der Waals surface area contributed by atoms with E-state index in [1.165, 1.54) is 11.3 Å². The molecule has 0 amide bonds. The maximum absolute atomic E-state index is 4.36. The third-order valence-electron chi connectivity index (χ3n) is 3.41. The van der Waals surface area contributed by atoms with Gasteiger partial charge < -0.3 is 9.88 Å². The lowest BCUT2D eigenvalue weighted by atomic mass is 10.1. The van der Waals surface area contributed by atoms with Gasteiger partial charge in [0.1, 0.15) is 5.82 Å². The van der Waals surface area contributed by atoms with Crippen molar-refractivity contribution >= 4 is 0 Å². The van der Waals surface area contributed by atoms with Crippen LogP contribution in [0, 0.1) is 0 Å². The molecule has 2 rings (SSSR count). The highest BCUT2D eigenvalue weighted by Gasteiger charge is 2.06. The van der Waals surface area contributed by atoms with Gasteiger partial charge >= 0.3 is 0 Å². The van der Waals surface area contributed by atoms with Gasteiger partial charge in [-0.1, -0.05) is 26.0 Å². The Hall–Kier alpha value is -1.61. The maximum atomic E-state index is 4.36. The van der Waals surface area contributed by atoms with E-state index < -0.39 is 0 Å². The molecule has 0 aliphatic carbocycles. The van der Waals surface area contributed by atoms with E-state index in [-0.39, 0.29) is 0 Å². The Labute approximate surface area is 115 Å². The van der Waals surface area contributed by atoms with Crippen molar-refractivity contribution in [1.29, 1.82) is 0 Å². The molecule has 0 aliphatic rings. The van der Waals surface area contributed by atoms with Crippen molar-refractivity contribution in [3.05, 3.63) is 48.0 Å². The molecule has 0 saturated carbocycles. The molecule has 2 aromatic rings. The molecule has 1 unspecified atom stereocenters. The summed E-state index contributed by atoms with van der Waals surface area (Å²) in [5, 5.41) is 3.51. The normalized spacial score (nSPS) is 12.6. The fourth-order valence-corrected chi connectivity index (χ4v) is 2.23. The number of imidazole rings is 1. The Morgan fingerprint density at radius 3 is 2.58 bits per heavy atom. The van der Waals surface area contributed by atoms with Crippen LogP contribution in [0.4, 0.5) is 0 Å². The number of benzene rings is 1. The molecule has 1 aromatic heterocycles. The molecule has 0 fully saturated rings. The van der Waals surface area contributed by atoms with Crippen molar-refractivity contribution in [3.63, 3.8) is 0 Å². The monoisotopic (exact) mass is 257 g/mol. The fraction of sp³-hybridized carbons (Fsp3) is 0.438. The van der Waals surface area contributed by atoms with Gasteiger partial charge in [0.2, 0.25) is 0 Å². The standard InChI is InChI=1S/C16H23N3/c1-4-10-17-13(3)14-6-8-15(9-7-14)19-12-11-18-16(19)5-2/h6-9,11-13,17H,4-5,10H2,1-3H3. The molecule has 0 aliphatic heterocycles. The Balaban J connectivity index is 2.14. The highest BCUT2D eigenvalue weighted by atomic mass is 15.1. The second-order valence-electron chi connectivity index (χ2n) is 4.83. The molecule has 1 atom stereocenters. The van der Waals surface area contributed by atoms with Gasteiger partial charge in [-0.05, 0) is 37.6 Å². The summed E-state index contributed by atoms with van der Waals surface area (Å²) in [6.45, 7) is 7.59. The second-order valence-corrected chi connectivity index (χ2v) is 4.83. The smallest absolute Gasteiger partial charge is 0.112 e. The van der Waals surface area contributed by atoms with Crippen LogP contribution in [-0.4, -0.2) is 16.1 Å². The molecule has 0 saturated heterocycles. The first-order valence-corrected chi connectivity index (χ1v) is 7.12. The van der Waals surface area contributed by atoms with Gasteiger partial charge in [0.05, 0.1) is 0 Å². The topological polar surface area (TPSA) is 29.9 Å². The first-order valence-electron chi connectivity index (χ1n) is 7.12. The van der Waals surface area contributed by atoms with Gasteiger partial charge in [-0.25, -0.2) is 4.98 Å². The minimum atomic E-state index is 0.405. The van der Waals surface area contributed by atoms with Crippen LogP contribution in [0.25, 0.3) is 5.69 Å². The van der Waals surface area contributed by atoms with Crippen LogP contribution in [0.5, 0.6) is 0 Å². The van der Waals surface area contributed by atoms with Gasteiger partial charge in [0, 0.05) is 30.5 Å². The summed E-state index contributed by atoms with van der Waals surface area (Å²) in [5.41, 5.74) is 2.51. The average Bonchev–Trinajstić information content (AvgIpc) is 2.93. The van der Waals surface area contributed by atoms with Crippen LogP contribution in [-0.2, 0) is 6.42 Å². The van der Waals surface area contributed by atoms with Crippen molar-refractivity contribution in [3.8, 4) is 5.69 Å². The molecule has 1 heterocycles. The van der Waals surface area contributed by atoms with Crippen LogP contribution >= 0.6 is 0 Å². The number of nitrogens with zero attached hydrogens (tertiary/aromatic N) is 2. The lowest BCUT2D eigenvalue weighted by Gasteiger charge is -2.14. The van der Waals surface area contributed by atoms with Crippen LogP contribution in [0.1, 0.15) is 44.6 Å². The summed E-state index contributed by atoms with van der Waals surface area (Å²) < 4.78 is 2.15. The zero-order valence-electron chi connectivity index (χ0n) is 12.1. The third-order valence-corrected chi connectivity index (χ3v) is 3.41. The summed E-state index contributed by atoms with van der Waals surface area (Å²) in [6.07, 6.45) is 5.99. The Bertz CT molecular complexity index is 499. The van der Waals surface area contributed by atoms with Gasteiger partial charge in [-0.2, -0.15) is 0 Å². The lowest BCUT2D eigenvalue weighted by molar-refractivity contribution is 0.570. The van der Waals surface area contributed by atoms with E-state index in [9.17, 15) is 0 Å². The van der Waals surface area contributed by atoms with Crippen molar-refractivity contribution in [2.75, 3.05) is 6.54 Å². The lowest BCUT2D eigenvalue weighted by Crippen LogP contribution is -2.19. The summed E-state index contributed by atoms with van der Waals surface area (Å²) >= 11 is 0. The van der Waals surface area contributed by atoms with E-state index in [1.807, 2.05) is 12.4 Å². The van der Waals surface area contributed by atoms with Crippen molar-refractivity contribution < 1.29 is 0 Å². The van der Waals surface area contributed by atoms with Gasteiger partial charge in [0.25, 0.3) is 0 Å². The molecule has 1 aromatic carbocycles. The Morgan fingerprint density at radius 2 is 1.95 bits per heavy atom. The average molecular weight is 257 g/mol. The first kappa shape index (κ1) is 13.8. The molecule has 19 heavy (non-hydrogen) atoms. The first-order chi connectivity index (χ1) is 9.26. The predicted octanol–water partition coefficient (Wildman–Crippen LogP) is 3.50. The zero-order chi connectivity index (χ0) is 13.7. The molecule has 0 bridgehead atoms. The van der Waals surface area contributed by atoms with Crippen LogP contribution in [0.3, 0.4) is 0 Å². The number of aryl methyl sites for hydroxylation is 1. The largest absolute Gasteiger partial charge is 0.310 e. The molecule has 3 nitrogen and oxygen atoms in total. The minimum Gasteiger partial charge on any atom is -0.310 e. The molecular weight excluding hydrogens is 234 g/mol. The van der Waals surface area contributed by atoms with Crippen molar-refractivity contribution in [2.24, 2.45) is 0 Å². The fourth-order valence-electron chi connectivity index (χ4n) is 2.23. The highest BCUT2D eigenvalue weighted by Crippen LogP contribution is 2.17. The SMILES string of the molecule is CCCNC(C)c1ccc(-n2ccnc2CC)cc1. The van der Waals surface area contributed by atoms with Crippen LogP contribution in [0.15, 0.2) is 36.7 Å². The summed E-state index contributed by atoms with van der Waals surface area (Å²) in [5.74, 6) is 1.10. The zero-order valence-corrected chi connectivity index (χ0v) is 12.1. The van der Waals surface area contributed by atoms with Gasteiger partial charge in [0.15, 0.2) is 0 Å². The van der Waals surface area contributed by atoms with Crippen LogP contribution < -0.4 is 5.32 Å². The molecule has 0 spiro atoms. The predicted molar refractivity (Wildman–Crippen MR) is 79.7 cm³/mol.